The fourth-order valence-corrected chi connectivity index (χ4v) is 13.2. The Bertz CT molecular complexity index is 4940. The first-order valence-corrected chi connectivity index (χ1v) is 26.5. The maximum absolute atomic E-state index is 6.39. The van der Waals surface area contributed by atoms with Gasteiger partial charge in [0.15, 0.2) is 17.2 Å². The highest BCUT2D eigenvalue weighted by Gasteiger charge is 2.52. The minimum atomic E-state index is -0.523. The summed E-state index contributed by atoms with van der Waals surface area (Å²) >= 11 is 0. The summed E-state index contributed by atoms with van der Waals surface area (Å²) in [5, 5.41) is 4.48. The van der Waals surface area contributed by atoms with Crippen molar-refractivity contribution in [3.63, 3.8) is 0 Å². The van der Waals surface area contributed by atoms with Crippen LogP contribution >= 0.6 is 0 Å². The molecule has 0 saturated heterocycles. The fourth-order valence-electron chi connectivity index (χ4n) is 13.2. The standard InChI is InChI=1S/C71H42N6O/c1-3-19-43(20-4-1)67-73-68(55-30-18-34-59-64(55)54-29-9-14-33-58(54)71(59)56-31-12-7-25-48(56)49-26-8-13-32-57(49)71)75-70(74-67)77-62-36-16-11-28-51(62)53-39-38-52-50-27-10-15-35-61(50)76(65(52)66(53)77)47-24-17-23-45(41-47)46-37-40-60-63(42-46)78-69(72-60)44-21-5-2-6-22-44/h1-42H. The van der Waals surface area contributed by atoms with Gasteiger partial charge in [0.2, 0.25) is 11.8 Å². The third-order valence-corrected chi connectivity index (χ3v) is 16.4. The predicted octanol–water partition coefficient (Wildman–Crippen LogP) is 17.2. The lowest BCUT2D eigenvalue weighted by molar-refractivity contribution is 0.620. The molecule has 0 bridgehead atoms. The van der Waals surface area contributed by atoms with Gasteiger partial charge in [0.1, 0.15) is 5.52 Å². The molecule has 2 aliphatic carbocycles. The Morgan fingerprint density at radius 1 is 0.333 bits per heavy atom. The lowest BCUT2D eigenvalue weighted by Gasteiger charge is -2.30. The van der Waals surface area contributed by atoms with Gasteiger partial charge in [0.25, 0.3) is 0 Å². The first-order valence-electron chi connectivity index (χ1n) is 26.5. The van der Waals surface area contributed by atoms with Crippen molar-refractivity contribution in [2.45, 2.75) is 5.41 Å². The Kier molecular flexibility index (Phi) is 8.92. The van der Waals surface area contributed by atoms with E-state index in [-0.39, 0.29) is 0 Å². The number of fused-ring (bicyclic) bond motifs is 18. The number of rotatable bonds is 6. The molecular weight excluding hydrogens is 953 g/mol. The molecule has 0 saturated carbocycles. The zero-order valence-electron chi connectivity index (χ0n) is 41.8. The van der Waals surface area contributed by atoms with Gasteiger partial charge >= 0.3 is 0 Å². The lowest BCUT2D eigenvalue weighted by Crippen LogP contribution is -2.25. The van der Waals surface area contributed by atoms with Gasteiger partial charge in [-0.05, 0) is 104 Å². The second-order valence-electron chi connectivity index (χ2n) is 20.4. The highest BCUT2D eigenvalue weighted by Crippen LogP contribution is 2.64. The molecule has 4 heterocycles. The second-order valence-corrected chi connectivity index (χ2v) is 20.4. The van der Waals surface area contributed by atoms with Gasteiger partial charge in [0.05, 0.1) is 27.5 Å². The summed E-state index contributed by atoms with van der Waals surface area (Å²) in [6.07, 6.45) is 0. The van der Waals surface area contributed by atoms with Gasteiger partial charge < -0.3 is 8.98 Å². The summed E-state index contributed by atoms with van der Waals surface area (Å²) in [5.41, 5.74) is 21.0. The van der Waals surface area contributed by atoms with Gasteiger partial charge in [-0.1, -0.05) is 206 Å². The molecule has 7 nitrogen and oxygen atoms in total. The SMILES string of the molecule is c1ccc(-c2nc(-c3cccc4c3-c3ccccc3C43c4ccccc4-c4ccccc43)nc(-n3c4ccccc4c4ccc5c6ccccc6n(-c6cccc(-c7ccc8nc(-c9ccccc9)oc8c7)c6)c5c43)n2)cc1. The number of hydrogen-bond acceptors (Lipinski definition) is 5. The van der Waals surface area contributed by atoms with Crippen LogP contribution in [0.15, 0.2) is 259 Å². The lowest BCUT2D eigenvalue weighted by atomic mass is 9.70. The normalized spacial score (nSPS) is 13.0. The van der Waals surface area contributed by atoms with E-state index >= 15 is 0 Å². The van der Waals surface area contributed by atoms with Crippen LogP contribution in [-0.4, -0.2) is 29.1 Å². The van der Waals surface area contributed by atoms with Gasteiger partial charge in [-0.15, -0.1) is 0 Å². The molecule has 4 aromatic heterocycles. The third kappa shape index (κ3) is 5.92. The van der Waals surface area contributed by atoms with E-state index in [1.165, 1.54) is 38.9 Å². The van der Waals surface area contributed by atoms with E-state index in [4.69, 9.17) is 24.4 Å². The van der Waals surface area contributed by atoms with Crippen molar-refractivity contribution in [1.82, 2.24) is 29.1 Å². The molecule has 0 atom stereocenters. The van der Waals surface area contributed by atoms with Gasteiger partial charge in [-0.2, -0.15) is 9.97 Å². The minimum Gasteiger partial charge on any atom is -0.436 e. The van der Waals surface area contributed by atoms with Crippen molar-refractivity contribution in [2.24, 2.45) is 0 Å². The molecule has 7 heteroatoms. The molecule has 0 N–H and O–H groups in total. The molecule has 362 valence electrons. The van der Waals surface area contributed by atoms with Crippen molar-refractivity contribution in [3.05, 3.63) is 277 Å². The Labute approximate surface area is 447 Å². The predicted molar refractivity (Wildman–Crippen MR) is 314 cm³/mol. The fraction of sp³-hybridized carbons (Fsp3) is 0.0141. The first kappa shape index (κ1) is 42.8. The first-order chi connectivity index (χ1) is 38.7. The van der Waals surface area contributed by atoms with Crippen molar-refractivity contribution in [3.8, 4) is 79.2 Å². The molecule has 0 radical (unpaired) electrons. The third-order valence-electron chi connectivity index (χ3n) is 16.4. The molecule has 0 unspecified atom stereocenters. The molecule has 2 aliphatic rings. The largest absolute Gasteiger partial charge is 0.436 e. The Morgan fingerprint density at radius 3 is 1.58 bits per heavy atom. The monoisotopic (exact) mass is 994 g/mol. The van der Waals surface area contributed by atoms with Gasteiger partial charge in [-0.3, -0.25) is 4.57 Å². The summed E-state index contributed by atoms with van der Waals surface area (Å²) in [6.45, 7) is 0. The highest BCUT2D eigenvalue weighted by atomic mass is 16.3. The number of oxazole rings is 1. The number of benzene rings is 11. The number of nitrogens with zero attached hydrogens (tertiary/aromatic N) is 6. The average molecular weight is 995 g/mol. The molecule has 0 fully saturated rings. The summed E-state index contributed by atoms with van der Waals surface area (Å²) in [5.74, 6) is 2.34. The van der Waals surface area contributed by atoms with Crippen LogP contribution in [0.1, 0.15) is 22.3 Å². The van der Waals surface area contributed by atoms with E-state index in [9.17, 15) is 0 Å². The summed E-state index contributed by atoms with van der Waals surface area (Å²) in [4.78, 5) is 21.5. The van der Waals surface area contributed by atoms with Crippen LogP contribution in [0.5, 0.6) is 0 Å². The Morgan fingerprint density at radius 2 is 0.859 bits per heavy atom. The van der Waals surface area contributed by atoms with Crippen molar-refractivity contribution >= 4 is 54.7 Å². The topological polar surface area (TPSA) is 74.6 Å². The summed E-state index contributed by atoms with van der Waals surface area (Å²) in [7, 11) is 0. The molecule has 1 spiro atoms. The Hall–Kier alpha value is -10.5. The van der Waals surface area contributed by atoms with Crippen LogP contribution in [0, 0.1) is 0 Å². The number of para-hydroxylation sites is 2. The van der Waals surface area contributed by atoms with Crippen LogP contribution in [0.3, 0.4) is 0 Å². The molecule has 78 heavy (non-hydrogen) atoms. The molecule has 0 amide bonds. The van der Waals surface area contributed by atoms with Crippen LogP contribution in [0.25, 0.3) is 134 Å². The van der Waals surface area contributed by atoms with Crippen LogP contribution in [0.2, 0.25) is 0 Å². The quantitative estimate of drug-likeness (QED) is 0.166. The van der Waals surface area contributed by atoms with Gasteiger partial charge in [0, 0.05) is 43.9 Å². The summed E-state index contributed by atoms with van der Waals surface area (Å²) in [6, 6.07) is 90.9. The maximum atomic E-state index is 6.39. The van der Waals surface area contributed by atoms with E-state index in [1.807, 2.05) is 36.4 Å². The maximum Gasteiger partial charge on any atom is 0.238 e. The van der Waals surface area contributed by atoms with Crippen LogP contribution < -0.4 is 0 Å². The van der Waals surface area contributed by atoms with E-state index in [2.05, 4.69) is 228 Å². The van der Waals surface area contributed by atoms with Crippen molar-refractivity contribution in [1.29, 1.82) is 0 Å². The van der Waals surface area contributed by atoms with Gasteiger partial charge in [-0.25, -0.2) is 9.97 Å². The molecule has 15 aromatic rings. The molecule has 17 rings (SSSR count). The van der Waals surface area contributed by atoms with E-state index < -0.39 is 5.41 Å². The molecular formula is C71H42N6O. The van der Waals surface area contributed by atoms with E-state index in [0.29, 0.717) is 23.5 Å². The average Bonchev–Trinajstić information content (AvgIpc) is 4.23. The van der Waals surface area contributed by atoms with Crippen molar-refractivity contribution < 1.29 is 4.42 Å². The zero-order chi connectivity index (χ0) is 51.1. The smallest absolute Gasteiger partial charge is 0.238 e. The highest BCUT2D eigenvalue weighted by molar-refractivity contribution is 6.23. The minimum absolute atomic E-state index is 0.523. The van der Waals surface area contributed by atoms with Crippen molar-refractivity contribution in [2.75, 3.05) is 0 Å². The van der Waals surface area contributed by atoms with Crippen LogP contribution in [0.4, 0.5) is 0 Å². The number of aromatic nitrogens is 6. The van der Waals surface area contributed by atoms with Crippen LogP contribution in [-0.2, 0) is 5.41 Å². The summed E-state index contributed by atoms with van der Waals surface area (Å²) < 4.78 is 11.1. The zero-order valence-corrected chi connectivity index (χ0v) is 41.8. The van der Waals surface area contributed by atoms with E-state index in [1.54, 1.807) is 0 Å². The molecule has 0 aliphatic heterocycles. The molecule has 11 aromatic carbocycles. The Balaban J connectivity index is 0.920. The van der Waals surface area contributed by atoms with E-state index in [0.717, 1.165) is 93.8 Å². The number of hydrogen-bond donors (Lipinski definition) is 0. The second kappa shape index (κ2) is 16.3.